The molecule has 0 bridgehead atoms. The first kappa shape index (κ1) is 35.5. The number of amides is 1. The number of carbonyl (C=O) groups excluding carboxylic acids is 1. The third-order valence-electron chi connectivity index (χ3n) is 6.84. The highest BCUT2D eigenvalue weighted by molar-refractivity contribution is 7.46. The smallest absolute Gasteiger partial charge is 0.391 e. The third kappa shape index (κ3) is 25.2. The quantitative estimate of drug-likeness (QED) is 0.0637. The Kier molecular flexibility index (Phi) is 24.5. The number of phosphoric ester groups is 1. The predicted molar refractivity (Wildman–Crippen MR) is 149 cm³/mol. The van der Waals surface area contributed by atoms with Crippen molar-refractivity contribution in [2.75, 3.05) is 6.61 Å². The maximum atomic E-state index is 12.4. The van der Waals surface area contributed by atoms with E-state index in [1.165, 1.54) is 89.9 Å². The van der Waals surface area contributed by atoms with E-state index < -0.39 is 26.6 Å². The second-order valence-corrected chi connectivity index (χ2v) is 11.7. The zero-order chi connectivity index (χ0) is 26.9. The number of aliphatic hydroxyl groups is 1. The molecule has 8 heteroatoms. The highest BCUT2D eigenvalue weighted by Gasteiger charge is 2.25. The summed E-state index contributed by atoms with van der Waals surface area (Å²) >= 11 is 0. The molecule has 0 spiro atoms. The number of hydrogen-bond acceptors (Lipinski definition) is 4. The van der Waals surface area contributed by atoms with Gasteiger partial charge in [-0.2, -0.15) is 0 Å². The Bertz CT molecular complexity index is 542. The topological polar surface area (TPSA) is 116 Å². The largest absolute Gasteiger partial charge is 0.469 e. The number of rotatable bonds is 27. The Balaban J connectivity index is 4.10. The molecule has 0 aliphatic carbocycles. The molecule has 2 atom stereocenters. The molecule has 0 aliphatic rings. The van der Waals surface area contributed by atoms with Gasteiger partial charge in [-0.15, -0.1) is 0 Å². The van der Waals surface area contributed by atoms with Gasteiger partial charge < -0.3 is 20.2 Å². The lowest BCUT2D eigenvalue weighted by Crippen LogP contribution is -2.46. The normalized spacial score (nSPS) is 13.6. The molecule has 0 rings (SSSR count). The van der Waals surface area contributed by atoms with Gasteiger partial charge in [0.2, 0.25) is 5.91 Å². The molecule has 7 nitrogen and oxygen atoms in total. The van der Waals surface area contributed by atoms with Gasteiger partial charge in [-0.3, -0.25) is 9.32 Å². The van der Waals surface area contributed by atoms with Gasteiger partial charge in [0.1, 0.15) is 0 Å². The molecule has 1 amide bonds. The van der Waals surface area contributed by atoms with Crippen LogP contribution in [-0.2, 0) is 13.9 Å². The van der Waals surface area contributed by atoms with Crippen molar-refractivity contribution >= 4 is 13.7 Å². The minimum Gasteiger partial charge on any atom is -0.391 e. The van der Waals surface area contributed by atoms with Crippen LogP contribution in [0.2, 0.25) is 0 Å². The summed E-state index contributed by atoms with van der Waals surface area (Å²) in [5, 5.41) is 13.3. The number of carbonyl (C=O) groups is 1. The van der Waals surface area contributed by atoms with Crippen LogP contribution in [0.15, 0.2) is 0 Å². The summed E-state index contributed by atoms with van der Waals surface area (Å²) in [7, 11) is -4.67. The van der Waals surface area contributed by atoms with E-state index in [1.54, 1.807) is 0 Å². The van der Waals surface area contributed by atoms with Gasteiger partial charge in [0, 0.05) is 6.42 Å². The maximum absolute atomic E-state index is 12.4. The second kappa shape index (κ2) is 24.9. The fourth-order valence-electron chi connectivity index (χ4n) is 4.52. The number of hydrogen-bond donors (Lipinski definition) is 4. The Labute approximate surface area is 221 Å². The molecular formula is C28H58NO6P. The molecule has 0 fully saturated rings. The number of phosphoric acid groups is 1. The van der Waals surface area contributed by atoms with E-state index in [-0.39, 0.29) is 5.91 Å². The van der Waals surface area contributed by atoms with Crippen LogP contribution in [0, 0.1) is 0 Å². The summed E-state index contributed by atoms with van der Waals surface area (Å²) in [6.45, 7) is 4.05. The van der Waals surface area contributed by atoms with Crippen LogP contribution in [-0.4, -0.2) is 39.6 Å². The molecule has 0 aliphatic heterocycles. The zero-order valence-electron chi connectivity index (χ0n) is 23.4. The van der Waals surface area contributed by atoms with Gasteiger partial charge >= 0.3 is 7.82 Å². The number of nitrogens with one attached hydrogen (secondary N) is 1. The van der Waals surface area contributed by atoms with Crippen molar-refractivity contribution in [3.8, 4) is 0 Å². The van der Waals surface area contributed by atoms with E-state index in [2.05, 4.69) is 23.7 Å². The molecule has 216 valence electrons. The first-order chi connectivity index (χ1) is 17.3. The molecule has 0 radical (unpaired) electrons. The van der Waals surface area contributed by atoms with E-state index in [9.17, 15) is 14.5 Å². The molecule has 0 aromatic heterocycles. The van der Waals surface area contributed by atoms with Gasteiger partial charge in [0.25, 0.3) is 0 Å². The van der Waals surface area contributed by atoms with E-state index in [4.69, 9.17) is 9.79 Å². The van der Waals surface area contributed by atoms with Crippen molar-refractivity contribution in [1.29, 1.82) is 0 Å². The van der Waals surface area contributed by atoms with E-state index in [0.29, 0.717) is 12.8 Å². The third-order valence-corrected chi connectivity index (χ3v) is 7.33. The van der Waals surface area contributed by atoms with Crippen LogP contribution in [0.1, 0.15) is 155 Å². The summed E-state index contributed by atoms with van der Waals surface area (Å²) < 4.78 is 15.7. The van der Waals surface area contributed by atoms with Crippen LogP contribution >= 0.6 is 7.82 Å². The highest BCUT2D eigenvalue weighted by atomic mass is 31.2. The van der Waals surface area contributed by atoms with Crippen LogP contribution in [0.4, 0.5) is 0 Å². The van der Waals surface area contributed by atoms with Crippen LogP contribution in [0.3, 0.4) is 0 Å². The SMILES string of the molecule is CCCCCCCCCCCCC[C@@H](O)[C@H](COP(=O)(O)O)NC(=O)CCCCCCCCCCC. The Hall–Kier alpha value is -0.460. The maximum Gasteiger partial charge on any atom is 0.469 e. The van der Waals surface area contributed by atoms with Crippen LogP contribution in [0.25, 0.3) is 0 Å². The Morgan fingerprint density at radius 3 is 1.50 bits per heavy atom. The molecule has 36 heavy (non-hydrogen) atoms. The van der Waals surface area contributed by atoms with E-state index in [1.807, 2.05) is 0 Å². The first-order valence-electron chi connectivity index (χ1n) is 15.0. The van der Waals surface area contributed by atoms with Gasteiger partial charge in [0.05, 0.1) is 18.8 Å². The Morgan fingerprint density at radius 2 is 1.08 bits per heavy atom. The molecule has 0 aromatic carbocycles. The van der Waals surface area contributed by atoms with Crippen molar-refractivity contribution in [3.05, 3.63) is 0 Å². The van der Waals surface area contributed by atoms with Crippen LogP contribution in [0.5, 0.6) is 0 Å². The monoisotopic (exact) mass is 535 g/mol. The average Bonchev–Trinajstić information content (AvgIpc) is 2.83. The standard InChI is InChI=1S/C28H58NO6P/c1-3-5-7-9-11-13-14-16-17-19-21-23-27(30)26(25-35-36(32,33)34)29-28(31)24-22-20-18-15-12-10-8-6-4-2/h26-27,30H,3-25H2,1-2H3,(H,29,31)(H2,32,33,34)/t26-,27+/m0/s1. The molecule has 0 unspecified atom stereocenters. The highest BCUT2D eigenvalue weighted by Crippen LogP contribution is 2.36. The molecule has 0 heterocycles. The van der Waals surface area contributed by atoms with Crippen molar-refractivity contribution in [2.24, 2.45) is 0 Å². The van der Waals surface area contributed by atoms with Crippen molar-refractivity contribution < 1.29 is 28.8 Å². The van der Waals surface area contributed by atoms with Gasteiger partial charge in [-0.05, 0) is 12.8 Å². The van der Waals surface area contributed by atoms with Gasteiger partial charge in [-0.1, -0.05) is 136 Å². The average molecular weight is 536 g/mol. The fourth-order valence-corrected chi connectivity index (χ4v) is 4.88. The summed E-state index contributed by atoms with van der Waals surface area (Å²) in [4.78, 5) is 30.5. The zero-order valence-corrected chi connectivity index (χ0v) is 24.3. The fraction of sp³-hybridized carbons (Fsp3) is 0.964. The minimum absolute atomic E-state index is 0.199. The summed E-state index contributed by atoms with van der Waals surface area (Å²) in [5.74, 6) is -0.199. The summed E-state index contributed by atoms with van der Waals surface area (Å²) in [6, 6.07) is -0.813. The number of unbranched alkanes of at least 4 members (excludes halogenated alkanes) is 18. The Morgan fingerprint density at radius 1 is 0.694 bits per heavy atom. The van der Waals surface area contributed by atoms with Gasteiger partial charge in [0.15, 0.2) is 0 Å². The van der Waals surface area contributed by atoms with Crippen molar-refractivity contribution in [3.63, 3.8) is 0 Å². The van der Waals surface area contributed by atoms with Crippen molar-refractivity contribution in [1.82, 2.24) is 5.32 Å². The number of aliphatic hydroxyl groups excluding tert-OH is 1. The summed E-state index contributed by atoms with van der Waals surface area (Å²) in [6.07, 6.45) is 23.7. The lowest BCUT2D eigenvalue weighted by atomic mass is 10.0. The van der Waals surface area contributed by atoms with E-state index in [0.717, 1.165) is 38.5 Å². The lowest BCUT2D eigenvalue weighted by molar-refractivity contribution is -0.123. The van der Waals surface area contributed by atoms with Crippen LogP contribution < -0.4 is 5.32 Å². The predicted octanol–water partition coefficient (Wildman–Crippen LogP) is 7.56. The first-order valence-corrected chi connectivity index (χ1v) is 16.5. The van der Waals surface area contributed by atoms with Crippen molar-refractivity contribution in [2.45, 2.75) is 167 Å². The second-order valence-electron chi connectivity index (χ2n) is 10.4. The lowest BCUT2D eigenvalue weighted by Gasteiger charge is -2.24. The van der Waals surface area contributed by atoms with E-state index >= 15 is 0 Å². The minimum atomic E-state index is -4.67. The molecular weight excluding hydrogens is 477 g/mol. The summed E-state index contributed by atoms with van der Waals surface area (Å²) in [5.41, 5.74) is 0. The molecule has 0 saturated heterocycles. The van der Waals surface area contributed by atoms with Gasteiger partial charge in [-0.25, -0.2) is 4.57 Å². The molecule has 0 aromatic rings. The molecule has 0 saturated carbocycles. The molecule has 4 N–H and O–H groups in total.